The van der Waals surface area contributed by atoms with E-state index in [0.29, 0.717) is 39.8 Å². The minimum absolute atomic E-state index is 0.143. The van der Waals surface area contributed by atoms with Crippen molar-refractivity contribution in [3.8, 4) is 5.75 Å². The summed E-state index contributed by atoms with van der Waals surface area (Å²) in [5, 5.41) is 11.2. The number of methoxy groups -OCH3 is 1. The van der Waals surface area contributed by atoms with E-state index in [4.69, 9.17) is 13.6 Å². The molecule has 37 heavy (non-hydrogen) atoms. The second-order valence-corrected chi connectivity index (χ2v) is 8.32. The maximum Gasteiger partial charge on any atom is 0.251 e. The van der Waals surface area contributed by atoms with Gasteiger partial charge in [-0.2, -0.15) is 0 Å². The Balaban J connectivity index is 1.57. The molecule has 2 aromatic carbocycles. The summed E-state index contributed by atoms with van der Waals surface area (Å²) in [6.45, 7) is 1.75. The maximum absolute atomic E-state index is 14.0. The Labute approximate surface area is 212 Å². The van der Waals surface area contributed by atoms with Crippen LogP contribution in [0.4, 0.5) is 5.69 Å². The van der Waals surface area contributed by atoms with Gasteiger partial charge in [-0.15, -0.1) is 5.10 Å². The largest absolute Gasteiger partial charge is 0.495 e. The highest BCUT2D eigenvalue weighted by molar-refractivity contribution is 6.02. The van der Waals surface area contributed by atoms with Crippen LogP contribution in [-0.2, 0) is 22.7 Å². The number of carbonyl (C=O) groups is 2. The van der Waals surface area contributed by atoms with Crippen molar-refractivity contribution in [2.75, 3.05) is 12.0 Å². The molecule has 0 aliphatic rings. The molecule has 0 aliphatic carbocycles. The van der Waals surface area contributed by atoms with Crippen LogP contribution in [-0.4, -0.2) is 33.9 Å². The van der Waals surface area contributed by atoms with E-state index in [2.05, 4.69) is 15.6 Å². The van der Waals surface area contributed by atoms with Gasteiger partial charge in [-0.3, -0.25) is 14.5 Å². The topological polar surface area (TPSA) is 116 Å². The molecule has 0 bridgehead atoms. The molecule has 0 unspecified atom stereocenters. The predicted molar refractivity (Wildman–Crippen MR) is 135 cm³/mol. The van der Waals surface area contributed by atoms with E-state index < -0.39 is 17.9 Å². The molecule has 1 atom stereocenters. The van der Waals surface area contributed by atoms with Crippen molar-refractivity contribution in [2.24, 2.45) is 0 Å². The van der Waals surface area contributed by atoms with Crippen LogP contribution in [0.3, 0.4) is 0 Å². The third kappa shape index (κ3) is 4.94. The minimum Gasteiger partial charge on any atom is -0.495 e. The molecule has 2 amide bonds. The summed E-state index contributed by atoms with van der Waals surface area (Å²) in [5.74, 6) is 1.05. The summed E-state index contributed by atoms with van der Waals surface area (Å²) in [7, 11) is 1.51. The van der Waals surface area contributed by atoms with Gasteiger partial charge in [-0.25, -0.2) is 4.68 Å². The number of nitrogens with one attached hydrogen (secondary N) is 1. The van der Waals surface area contributed by atoms with Gasteiger partial charge in [0.2, 0.25) is 5.91 Å². The lowest BCUT2D eigenvalue weighted by Crippen LogP contribution is -2.45. The second kappa shape index (κ2) is 10.4. The number of benzene rings is 2. The number of aryl methyl sites for hydroxylation is 1. The fourth-order valence-electron chi connectivity index (χ4n) is 4.14. The zero-order valence-electron chi connectivity index (χ0n) is 20.3. The van der Waals surface area contributed by atoms with Gasteiger partial charge < -0.3 is 18.9 Å². The van der Waals surface area contributed by atoms with Crippen LogP contribution < -0.4 is 15.0 Å². The number of rotatable bonds is 9. The molecule has 188 valence electrons. The molecule has 0 spiro atoms. The third-order valence-electron chi connectivity index (χ3n) is 5.87. The molecule has 5 aromatic rings. The van der Waals surface area contributed by atoms with Gasteiger partial charge in [-0.1, -0.05) is 29.5 Å². The minimum atomic E-state index is -1.14. The van der Waals surface area contributed by atoms with Crippen molar-refractivity contribution >= 4 is 28.5 Å². The number of ether oxygens (including phenoxy) is 1. The van der Waals surface area contributed by atoms with Crippen molar-refractivity contribution in [2.45, 2.75) is 26.1 Å². The SMILES string of the molecule is COc1ccccc1N(C(=O)Cn1nnc2ccccc21)[C@H](C(=O)NCc1ccco1)c1ccc(C)o1. The number of amides is 2. The average Bonchev–Trinajstić information content (AvgIpc) is 3.68. The number of nitrogens with zero attached hydrogens (tertiary/aromatic N) is 4. The van der Waals surface area contributed by atoms with Crippen molar-refractivity contribution < 1.29 is 23.2 Å². The van der Waals surface area contributed by atoms with Crippen LogP contribution in [0.5, 0.6) is 5.75 Å². The first-order chi connectivity index (χ1) is 18.0. The zero-order valence-corrected chi connectivity index (χ0v) is 20.3. The highest BCUT2D eigenvalue weighted by Crippen LogP contribution is 2.36. The Kier molecular flexibility index (Phi) is 6.71. The number of anilines is 1. The van der Waals surface area contributed by atoms with Gasteiger partial charge in [-0.05, 0) is 55.5 Å². The lowest BCUT2D eigenvalue weighted by atomic mass is 10.1. The second-order valence-electron chi connectivity index (χ2n) is 8.32. The van der Waals surface area contributed by atoms with Crippen LogP contribution in [0.1, 0.15) is 23.3 Å². The standard InChI is InChI=1S/C27H25N5O5/c1-18-13-14-24(37-18)26(27(34)28-16-19-8-7-15-36-19)32(22-11-5-6-12-23(22)35-2)25(33)17-31-21-10-4-3-9-20(21)29-30-31/h3-15,26H,16-17H2,1-2H3,(H,28,34)/t26-/m0/s1. The van der Waals surface area contributed by atoms with Crippen LogP contribution >= 0.6 is 0 Å². The van der Waals surface area contributed by atoms with Crippen molar-refractivity contribution in [3.63, 3.8) is 0 Å². The highest BCUT2D eigenvalue weighted by atomic mass is 16.5. The van der Waals surface area contributed by atoms with Gasteiger partial charge in [0.1, 0.15) is 35.1 Å². The van der Waals surface area contributed by atoms with E-state index in [1.165, 1.54) is 23.0 Å². The molecule has 5 rings (SSSR count). The fourth-order valence-corrected chi connectivity index (χ4v) is 4.14. The molecule has 0 fully saturated rings. The molecule has 0 saturated heterocycles. The van der Waals surface area contributed by atoms with Crippen molar-refractivity contribution in [3.05, 3.63) is 96.3 Å². The van der Waals surface area contributed by atoms with Crippen LogP contribution in [0.25, 0.3) is 11.0 Å². The molecule has 3 aromatic heterocycles. The Morgan fingerprint density at radius 3 is 2.62 bits per heavy atom. The average molecular weight is 500 g/mol. The summed E-state index contributed by atoms with van der Waals surface area (Å²) in [6, 6.07) is 20.2. The number of furan rings is 2. The lowest BCUT2D eigenvalue weighted by molar-refractivity contribution is -0.127. The van der Waals surface area contributed by atoms with Crippen LogP contribution in [0.2, 0.25) is 0 Å². The van der Waals surface area contributed by atoms with E-state index in [-0.39, 0.29) is 13.1 Å². The summed E-state index contributed by atoms with van der Waals surface area (Å²) >= 11 is 0. The Bertz CT molecular complexity index is 1520. The van der Waals surface area contributed by atoms with Gasteiger partial charge in [0.05, 0.1) is 31.1 Å². The summed E-state index contributed by atoms with van der Waals surface area (Å²) < 4.78 is 18.3. The molecule has 0 aliphatic heterocycles. The summed E-state index contributed by atoms with van der Waals surface area (Å²) in [5.41, 5.74) is 1.77. The van der Waals surface area contributed by atoms with E-state index in [9.17, 15) is 9.59 Å². The normalized spacial score (nSPS) is 11.8. The number of hydrogen-bond acceptors (Lipinski definition) is 7. The fraction of sp³-hybridized carbons (Fsp3) is 0.185. The van der Waals surface area contributed by atoms with Crippen LogP contribution in [0.15, 0.2) is 87.9 Å². The first-order valence-electron chi connectivity index (χ1n) is 11.6. The summed E-state index contributed by atoms with van der Waals surface area (Å²) in [6.07, 6.45) is 1.53. The Hall–Kier alpha value is -4.86. The quantitative estimate of drug-likeness (QED) is 0.326. The van der Waals surface area contributed by atoms with E-state index in [1.54, 1.807) is 55.5 Å². The first-order valence-corrected chi connectivity index (χ1v) is 11.6. The van der Waals surface area contributed by atoms with Gasteiger partial charge in [0, 0.05) is 0 Å². The Morgan fingerprint density at radius 2 is 1.86 bits per heavy atom. The molecule has 3 heterocycles. The molecular formula is C27H25N5O5. The number of hydrogen-bond donors (Lipinski definition) is 1. The monoisotopic (exact) mass is 499 g/mol. The zero-order chi connectivity index (χ0) is 25.8. The number of carbonyl (C=O) groups excluding carboxylic acids is 2. The maximum atomic E-state index is 14.0. The smallest absolute Gasteiger partial charge is 0.251 e. The van der Waals surface area contributed by atoms with E-state index in [0.717, 1.165) is 0 Å². The van der Waals surface area contributed by atoms with Gasteiger partial charge >= 0.3 is 0 Å². The van der Waals surface area contributed by atoms with Crippen molar-refractivity contribution in [1.82, 2.24) is 20.3 Å². The Morgan fingerprint density at radius 1 is 1.05 bits per heavy atom. The van der Waals surface area contributed by atoms with Crippen molar-refractivity contribution in [1.29, 1.82) is 0 Å². The molecule has 10 heteroatoms. The van der Waals surface area contributed by atoms with Gasteiger partial charge in [0.15, 0.2) is 6.04 Å². The summed E-state index contributed by atoms with van der Waals surface area (Å²) in [4.78, 5) is 29.1. The molecule has 0 radical (unpaired) electrons. The molecule has 0 saturated carbocycles. The number of aromatic nitrogens is 3. The first kappa shape index (κ1) is 23.9. The molecule has 10 nitrogen and oxygen atoms in total. The third-order valence-corrected chi connectivity index (χ3v) is 5.87. The highest BCUT2D eigenvalue weighted by Gasteiger charge is 2.37. The predicted octanol–water partition coefficient (Wildman–Crippen LogP) is 4.03. The van der Waals surface area contributed by atoms with E-state index in [1.807, 2.05) is 24.3 Å². The number of fused-ring (bicyclic) bond motifs is 1. The van der Waals surface area contributed by atoms with E-state index >= 15 is 0 Å². The van der Waals surface area contributed by atoms with Crippen LogP contribution in [0, 0.1) is 6.92 Å². The number of para-hydroxylation sites is 3. The lowest BCUT2D eigenvalue weighted by Gasteiger charge is -2.31. The molecular weight excluding hydrogens is 474 g/mol. The van der Waals surface area contributed by atoms with Gasteiger partial charge in [0.25, 0.3) is 5.91 Å². The molecule has 1 N–H and O–H groups in total.